The molecule has 2 atom stereocenters. The normalized spacial score (nSPS) is 21.1. The summed E-state index contributed by atoms with van der Waals surface area (Å²) in [5.74, 6) is -0.124. The average Bonchev–Trinajstić information content (AvgIpc) is 2.86. The molecule has 1 aliphatic rings. The van der Waals surface area contributed by atoms with Crippen molar-refractivity contribution in [1.82, 2.24) is 4.90 Å². The molecule has 0 radical (unpaired) electrons. The quantitative estimate of drug-likeness (QED) is 0.802. The molecule has 0 spiro atoms. The molecule has 5 nitrogen and oxygen atoms in total. The number of amides is 1. The molecule has 126 valence electrons. The highest BCUT2D eigenvalue weighted by Gasteiger charge is 2.40. The Bertz CT molecular complexity index is 550. The predicted octanol–water partition coefficient (Wildman–Crippen LogP) is 3.38. The van der Waals surface area contributed by atoms with Crippen molar-refractivity contribution in [1.29, 1.82) is 0 Å². The van der Waals surface area contributed by atoms with Crippen molar-refractivity contribution >= 4 is 12.1 Å². The van der Waals surface area contributed by atoms with Crippen LogP contribution in [0.15, 0.2) is 30.3 Å². The van der Waals surface area contributed by atoms with E-state index in [-0.39, 0.29) is 18.5 Å². The molecule has 0 unspecified atom stereocenters. The maximum absolute atomic E-state index is 12.4. The number of benzene rings is 1. The summed E-state index contributed by atoms with van der Waals surface area (Å²) in [4.78, 5) is 26.2. The molecule has 1 aliphatic heterocycles. The molecule has 0 aliphatic carbocycles. The summed E-state index contributed by atoms with van der Waals surface area (Å²) in [5.41, 5.74) is 0.345. The number of ether oxygens (including phenoxy) is 2. The molecule has 1 aromatic rings. The van der Waals surface area contributed by atoms with Gasteiger partial charge in [0.15, 0.2) is 0 Å². The highest BCUT2D eigenvalue weighted by molar-refractivity contribution is 5.82. The fourth-order valence-corrected chi connectivity index (χ4v) is 2.62. The smallest absolute Gasteiger partial charge is 0.411 e. The van der Waals surface area contributed by atoms with Crippen LogP contribution >= 0.6 is 0 Å². The molecular formula is C18H25NO4. The first kappa shape index (κ1) is 17.3. The number of esters is 1. The lowest BCUT2D eigenvalue weighted by Crippen LogP contribution is -2.44. The summed E-state index contributed by atoms with van der Waals surface area (Å²) in [7, 11) is 0. The minimum Gasteiger partial charge on any atom is -0.459 e. The maximum Gasteiger partial charge on any atom is 0.411 e. The predicted molar refractivity (Wildman–Crippen MR) is 86.7 cm³/mol. The lowest BCUT2D eigenvalue weighted by molar-refractivity contribution is -0.150. The first-order valence-electron chi connectivity index (χ1n) is 7.96. The van der Waals surface area contributed by atoms with E-state index in [1.54, 1.807) is 0 Å². The van der Waals surface area contributed by atoms with Crippen LogP contribution in [-0.4, -0.2) is 35.2 Å². The maximum atomic E-state index is 12.4. The third kappa shape index (κ3) is 4.98. The van der Waals surface area contributed by atoms with Gasteiger partial charge in [-0.3, -0.25) is 4.90 Å². The Morgan fingerprint density at radius 3 is 2.48 bits per heavy atom. The van der Waals surface area contributed by atoms with Crippen molar-refractivity contribution in [3.05, 3.63) is 35.9 Å². The number of rotatable bonds is 3. The molecule has 2 rings (SSSR count). The minimum absolute atomic E-state index is 0.215. The van der Waals surface area contributed by atoms with Gasteiger partial charge in [-0.1, -0.05) is 37.3 Å². The number of nitrogens with zero attached hydrogens (tertiary/aromatic N) is 1. The molecule has 1 heterocycles. The summed E-state index contributed by atoms with van der Waals surface area (Å²) >= 11 is 0. The number of likely N-dealkylation sites (tertiary alicyclic amines) is 1. The number of hydrogen-bond donors (Lipinski definition) is 0. The lowest BCUT2D eigenvalue weighted by atomic mass is 10.1. The van der Waals surface area contributed by atoms with Gasteiger partial charge in [-0.15, -0.1) is 0 Å². The standard InChI is InChI=1S/C18H25NO4/c1-13-10-15(19(11-13)17(21)23-18(2,3)4)16(20)22-12-14-8-6-5-7-9-14/h5-9,13,15H,10-12H2,1-4H3/t13-,15+/m0/s1. The van der Waals surface area contributed by atoms with Crippen molar-refractivity contribution in [3.8, 4) is 0 Å². The van der Waals surface area contributed by atoms with E-state index in [1.807, 2.05) is 58.0 Å². The van der Waals surface area contributed by atoms with Crippen LogP contribution in [0.2, 0.25) is 0 Å². The molecule has 0 saturated carbocycles. The topological polar surface area (TPSA) is 55.8 Å². The Hall–Kier alpha value is -2.04. The second-order valence-corrected chi connectivity index (χ2v) is 7.08. The Balaban J connectivity index is 1.98. The Morgan fingerprint density at radius 1 is 1.22 bits per heavy atom. The van der Waals surface area contributed by atoms with Gasteiger partial charge >= 0.3 is 12.1 Å². The van der Waals surface area contributed by atoms with Crippen LogP contribution in [-0.2, 0) is 20.9 Å². The van der Waals surface area contributed by atoms with E-state index in [1.165, 1.54) is 4.90 Å². The van der Waals surface area contributed by atoms with E-state index in [0.717, 1.165) is 5.56 Å². The van der Waals surface area contributed by atoms with Gasteiger partial charge in [0.1, 0.15) is 18.2 Å². The van der Waals surface area contributed by atoms with Crippen LogP contribution < -0.4 is 0 Å². The zero-order valence-corrected chi connectivity index (χ0v) is 14.2. The number of carbonyl (C=O) groups is 2. The molecule has 0 aromatic heterocycles. The Morgan fingerprint density at radius 2 is 1.87 bits per heavy atom. The molecule has 1 fully saturated rings. The second-order valence-electron chi connectivity index (χ2n) is 7.08. The van der Waals surface area contributed by atoms with Gasteiger partial charge in [0.05, 0.1) is 0 Å². The van der Waals surface area contributed by atoms with Crippen molar-refractivity contribution in [2.24, 2.45) is 5.92 Å². The van der Waals surface area contributed by atoms with Gasteiger partial charge in [-0.25, -0.2) is 9.59 Å². The van der Waals surface area contributed by atoms with Crippen LogP contribution in [0, 0.1) is 5.92 Å². The fraction of sp³-hybridized carbons (Fsp3) is 0.556. The molecular weight excluding hydrogens is 294 g/mol. The van der Waals surface area contributed by atoms with Gasteiger partial charge < -0.3 is 9.47 Å². The van der Waals surface area contributed by atoms with E-state index in [2.05, 4.69) is 0 Å². The summed E-state index contributed by atoms with van der Waals surface area (Å²) in [6.07, 6.45) is 0.149. The summed E-state index contributed by atoms with van der Waals surface area (Å²) in [5, 5.41) is 0. The summed E-state index contributed by atoms with van der Waals surface area (Å²) in [6.45, 7) is 8.18. The van der Waals surface area contributed by atoms with E-state index in [9.17, 15) is 9.59 Å². The van der Waals surface area contributed by atoms with Gasteiger partial charge in [-0.2, -0.15) is 0 Å². The van der Waals surface area contributed by atoms with Crippen molar-refractivity contribution < 1.29 is 19.1 Å². The van der Waals surface area contributed by atoms with Gasteiger partial charge in [-0.05, 0) is 38.7 Å². The van der Waals surface area contributed by atoms with E-state index >= 15 is 0 Å². The van der Waals surface area contributed by atoms with Crippen LogP contribution in [0.3, 0.4) is 0 Å². The third-order valence-corrected chi connectivity index (χ3v) is 3.63. The highest BCUT2D eigenvalue weighted by Crippen LogP contribution is 2.26. The largest absolute Gasteiger partial charge is 0.459 e. The molecule has 1 amide bonds. The van der Waals surface area contributed by atoms with Crippen LogP contribution in [0.1, 0.15) is 39.7 Å². The molecule has 1 saturated heterocycles. The van der Waals surface area contributed by atoms with E-state index in [0.29, 0.717) is 13.0 Å². The zero-order chi connectivity index (χ0) is 17.0. The summed E-state index contributed by atoms with van der Waals surface area (Å²) < 4.78 is 10.8. The number of carbonyl (C=O) groups excluding carboxylic acids is 2. The minimum atomic E-state index is -0.582. The van der Waals surface area contributed by atoms with Gasteiger partial charge in [0, 0.05) is 6.54 Å². The van der Waals surface area contributed by atoms with Crippen LogP contribution in [0.25, 0.3) is 0 Å². The molecule has 5 heteroatoms. The highest BCUT2D eigenvalue weighted by atomic mass is 16.6. The SMILES string of the molecule is C[C@H]1C[C@H](C(=O)OCc2ccccc2)N(C(=O)OC(C)(C)C)C1. The second kappa shape index (κ2) is 7.02. The van der Waals surface area contributed by atoms with Crippen LogP contribution in [0.5, 0.6) is 0 Å². The fourth-order valence-electron chi connectivity index (χ4n) is 2.62. The van der Waals surface area contributed by atoms with Gasteiger partial charge in [0.25, 0.3) is 0 Å². The zero-order valence-electron chi connectivity index (χ0n) is 14.2. The molecule has 0 N–H and O–H groups in total. The third-order valence-electron chi connectivity index (χ3n) is 3.63. The first-order valence-corrected chi connectivity index (χ1v) is 7.96. The molecule has 0 bridgehead atoms. The van der Waals surface area contributed by atoms with E-state index in [4.69, 9.17) is 9.47 Å². The average molecular weight is 319 g/mol. The van der Waals surface area contributed by atoms with Crippen molar-refractivity contribution in [2.45, 2.75) is 52.4 Å². The first-order chi connectivity index (χ1) is 10.8. The van der Waals surface area contributed by atoms with Crippen molar-refractivity contribution in [3.63, 3.8) is 0 Å². The molecule has 1 aromatic carbocycles. The van der Waals surface area contributed by atoms with Gasteiger partial charge in [0.2, 0.25) is 0 Å². The summed E-state index contributed by atoms with van der Waals surface area (Å²) in [6, 6.07) is 8.94. The Labute approximate surface area is 137 Å². The number of hydrogen-bond acceptors (Lipinski definition) is 4. The van der Waals surface area contributed by atoms with Crippen LogP contribution in [0.4, 0.5) is 4.79 Å². The monoisotopic (exact) mass is 319 g/mol. The van der Waals surface area contributed by atoms with E-state index < -0.39 is 17.7 Å². The lowest BCUT2D eigenvalue weighted by Gasteiger charge is -2.27. The molecule has 23 heavy (non-hydrogen) atoms. The van der Waals surface area contributed by atoms with Crippen molar-refractivity contribution in [2.75, 3.05) is 6.54 Å². The Kier molecular flexibility index (Phi) is 5.29.